The number of phosphoric ester groups is 3. The molecule has 0 spiro atoms. The molecule has 141 heavy (non-hydrogen) atoms. The molecule has 2 aliphatic carbocycles. The summed E-state index contributed by atoms with van der Waals surface area (Å²) in [6.45, 7) is -1.28. The van der Waals surface area contributed by atoms with Gasteiger partial charge in [-0.15, -0.1) is 5.11 Å². The normalized spacial score (nSPS) is 20.5. The molecule has 738 valence electrons. The summed E-state index contributed by atoms with van der Waals surface area (Å²) in [4.78, 5) is 167. The van der Waals surface area contributed by atoms with Gasteiger partial charge in [0.25, 0.3) is 23.4 Å². The van der Waals surface area contributed by atoms with Crippen LogP contribution in [0.5, 0.6) is 11.5 Å². The minimum Gasteiger partial charge on any atom is -0.508 e. The molecule has 2 radical (unpaired) electrons. The molecule has 10 aromatic rings. The Morgan fingerprint density at radius 3 is 2.07 bits per heavy atom. The van der Waals surface area contributed by atoms with Crippen LogP contribution in [0.3, 0.4) is 0 Å². The Labute approximate surface area is 812 Å². The van der Waals surface area contributed by atoms with E-state index < -0.39 is 133 Å². The summed E-state index contributed by atoms with van der Waals surface area (Å²) < 4.78 is 85.2. The van der Waals surface area contributed by atoms with Gasteiger partial charge in [-0.25, -0.2) is 23.3 Å². The number of aromatic amines is 3. The Bertz CT molecular complexity index is 6830. The van der Waals surface area contributed by atoms with Crippen LogP contribution in [0.15, 0.2) is 168 Å². The van der Waals surface area contributed by atoms with Gasteiger partial charge in [-0.1, -0.05) is 49.1 Å². The zero-order valence-electron chi connectivity index (χ0n) is 76.3. The van der Waals surface area contributed by atoms with Crippen molar-refractivity contribution in [2.45, 2.75) is 139 Å². The molecule has 2 fully saturated rings. The Morgan fingerprint density at radius 1 is 0.695 bits per heavy atom. The van der Waals surface area contributed by atoms with Gasteiger partial charge in [0.05, 0.1) is 78.2 Å². The van der Waals surface area contributed by atoms with Crippen molar-refractivity contribution in [3.8, 4) is 11.5 Å². The fraction of sp³-hybridized carbons (Fsp3) is 0.375. The predicted molar refractivity (Wildman–Crippen MR) is 517 cm³/mol. The number of carboxylic acids is 1. The quantitative estimate of drug-likeness (QED) is 0.00321. The number of aryl methyl sites for hydroxylation is 1. The number of likely N-dealkylation sites (tertiary alicyclic amines) is 1. The molecule has 10 unspecified atom stereocenters. The number of phenols is 1. The molecule has 7 aromatic carbocycles. The number of rotatable bonds is 42. The number of aromatic carboxylic acids is 1. The number of nitrogens with two attached hydrogens (primary N) is 1. The lowest BCUT2D eigenvalue weighted by Gasteiger charge is -2.35. The molecule has 3 aromatic heterocycles. The van der Waals surface area contributed by atoms with Crippen molar-refractivity contribution in [3.05, 3.63) is 234 Å². The number of non-ortho nitro benzene ring substituents is 1. The number of nitro groups is 1. The highest BCUT2D eigenvalue weighted by molar-refractivity contribution is 7.48. The number of unbranched alkanes of at least 4 members (excludes halogenated alkanes) is 4. The number of azo groups is 1. The number of carbonyl (C=O) groups excluding carboxylic acids is 7. The Balaban J connectivity index is 0.486. The second-order valence-corrected chi connectivity index (χ2v) is 40.6. The molecule has 13 N–H and O–H groups in total. The van der Waals surface area contributed by atoms with Crippen LogP contribution in [0, 0.1) is 22.0 Å². The van der Waals surface area contributed by atoms with Crippen molar-refractivity contribution in [1.29, 1.82) is 0 Å². The van der Waals surface area contributed by atoms with Crippen LogP contribution in [0.25, 0.3) is 32.7 Å². The molecule has 8 heterocycles. The van der Waals surface area contributed by atoms with E-state index in [2.05, 4.69) is 35.8 Å². The second-order valence-electron chi connectivity index (χ2n) is 35.9. The third-order valence-corrected chi connectivity index (χ3v) is 29.8. The van der Waals surface area contributed by atoms with E-state index in [1.54, 1.807) is 53.4 Å². The lowest BCUT2D eigenvalue weighted by molar-refractivity contribution is -0.384. The average Bonchev–Trinajstić information content (AvgIpc) is 1.73. The van der Waals surface area contributed by atoms with Crippen molar-refractivity contribution in [2.24, 2.45) is 27.8 Å². The summed E-state index contributed by atoms with van der Waals surface area (Å²) in [6, 6.07) is 33.6. The first-order valence-corrected chi connectivity index (χ1v) is 51.1. The maximum atomic E-state index is 14.6. The van der Waals surface area contributed by atoms with Crippen LogP contribution in [-0.4, -0.2) is 220 Å². The number of benzene rings is 7. The first-order chi connectivity index (χ1) is 67.5. The number of anilines is 3. The Morgan fingerprint density at radius 2 is 1.35 bits per heavy atom. The van der Waals surface area contributed by atoms with E-state index in [9.17, 15) is 92.2 Å². The van der Waals surface area contributed by atoms with Gasteiger partial charge >= 0.3 is 35.5 Å². The number of aliphatic hydroxyl groups is 1. The number of phenolic OH excluding ortho intramolecular Hbond substituents is 1. The maximum absolute atomic E-state index is 14.6. The summed E-state index contributed by atoms with van der Waals surface area (Å²) in [7, 11) is -7.07. The zero-order chi connectivity index (χ0) is 99.5. The van der Waals surface area contributed by atoms with E-state index in [1.165, 1.54) is 70.5 Å². The number of Topliss-reactive ketones (excluding diaryl/α,β-unsaturated/α-hetero) is 1. The first kappa shape index (κ1) is 100. The van der Waals surface area contributed by atoms with E-state index in [0.717, 1.165) is 60.8 Å². The predicted octanol–water partition coefficient (Wildman–Crippen LogP) is 14.7. The van der Waals surface area contributed by atoms with Gasteiger partial charge in [-0.3, -0.25) is 70.9 Å². The molecule has 0 saturated carbocycles. The number of aromatic nitrogens is 3. The molecule has 12 atom stereocenters. The molecule has 0 bridgehead atoms. The average molecular weight is 2010 g/mol. The Kier molecular flexibility index (Phi) is 30.4. The van der Waals surface area contributed by atoms with Gasteiger partial charge in [-0.05, 0) is 208 Å². The number of ether oxygens (including phenoxy) is 2. The third-order valence-electron chi connectivity index (χ3n) is 26.5. The number of β-amino-alcohol motifs (C(OH)–C–C–N with tert-alkyl or cyclic N) is 1. The SMILES string of the molecule is [B]C1CC(OP(=O)(O)OC[C@@H]2C[C@@H](O)CN2C(=O)CCCN(C)c2ccc(N=Nc3ccc([N+](=O)[O-])cc3Cl)cc2)C(COP(=O)(O)OCC(CCCCNC(=O)c2cc3c4c(ccc3[nH]2)N(C(=O)c2cc3c5c(ccc3[nH]2)C(C(=O)c2cc3c6c(ccc3[nH]2)N(C(N)=O)CC6)CC5)CC4)COP(=O)(O)OCCCCCCNC(=O)c2ccc(C(=O)O)c(C3c4ccc(O)cc4OC4=CC(=O)C=CC43)c2)O1. The van der Waals surface area contributed by atoms with E-state index in [-0.39, 0.29) is 144 Å². The van der Waals surface area contributed by atoms with Crippen molar-refractivity contribution < 1.29 is 124 Å². The second kappa shape index (κ2) is 42.8. The largest absolute Gasteiger partial charge is 0.508 e. The summed E-state index contributed by atoms with van der Waals surface area (Å²) in [5.41, 5.74) is 16.3. The number of primary amides is 1. The van der Waals surface area contributed by atoms with Gasteiger partial charge in [0, 0.05) is 168 Å². The number of phosphoric acid groups is 3. The molecular weight excluding hydrogens is 1910 g/mol. The number of H-pyrrole nitrogens is 3. The Hall–Kier alpha value is -12.4. The molecule has 5 aliphatic heterocycles. The molecule has 2 saturated heterocycles. The number of aromatic hydroxyl groups is 1. The lowest BCUT2D eigenvalue weighted by atomic mass is 9.74. The molecule has 6 amide bonds. The van der Waals surface area contributed by atoms with Crippen molar-refractivity contribution in [1.82, 2.24) is 30.5 Å². The number of nitro benzene ring substituents is 1. The number of nitrogens with one attached hydrogen (secondary N) is 5. The number of ketones is 2. The highest BCUT2D eigenvalue weighted by atomic mass is 35.5. The number of aliphatic hydroxyl groups excluding tert-OH is 1. The van der Waals surface area contributed by atoms with Crippen LogP contribution in [0.2, 0.25) is 5.02 Å². The minimum absolute atomic E-state index is 0.00815. The highest BCUT2D eigenvalue weighted by Crippen LogP contribution is 2.53. The number of amides is 6. The number of carboxylic acid groups (broad SMARTS) is 1. The van der Waals surface area contributed by atoms with E-state index in [1.807, 2.05) is 54.4 Å². The number of fused-ring (bicyclic) bond motifs is 11. The topological polar surface area (TPSA) is 561 Å². The van der Waals surface area contributed by atoms with Gasteiger partial charge < -0.3 is 85.5 Å². The first-order valence-electron chi connectivity index (χ1n) is 46.3. The van der Waals surface area contributed by atoms with Crippen molar-refractivity contribution >= 4 is 157 Å². The fourth-order valence-electron chi connectivity index (χ4n) is 19.5. The number of allylic oxidation sites excluding steroid dienone is 3. The minimum atomic E-state index is -5.11. The van der Waals surface area contributed by atoms with E-state index >= 15 is 0 Å². The van der Waals surface area contributed by atoms with Gasteiger partial charge in [-0.2, -0.15) is 5.11 Å². The summed E-state index contributed by atoms with van der Waals surface area (Å²) in [5, 5.41) is 59.0. The van der Waals surface area contributed by atoms with Crippen LogP contribution in [0.4, 0.5) is 38.9 Å². The van der Waals surface area contributed by atoms with Crippen molar-refractivity contribution in [3.63, 3.8) is 0 Å². The highest BCUT2D eigenvalue weighted by Gasteiger charge is 2.45. The lowest BCUT2D eigenvalue weighted by Crippen LogP contribution is -2.38. The summed E-state index contributed by atoms with van der Waals surface area (Å²) >= 11 is 6.16. The van der Waals surface area contributed by atoms with E-state index in [4.69, 9.17) is 61.8 Å². The zero-order valence-corrected chi connectivity index (χ0v) is 79.7. The number of carbonyl (C=O) groups is 8. The number of hydrogen-bond donors (Lipinski definition) is 12. The van der Waals surface area contributed by atoms with Crippen LogP contribution >= 0.6 is 35.1 Å². The fourth-order valence-corrected chi connectivity index (χ4v) is 22.3. The molecule has 45 heteroatoms. The van der Waals surface area contributed by atoms with Crippen LogP contribution in [0.1, 0.15) is 174 Å². The molecule has 40 nitrogen and oxygen atoms in total. The summed E-state index contributed by atoms with van der Waals surface area (Å²) in [6.07, 6.45) is 5.48. The number of nitrogens with zero attached hydrogens (tertiary/aromatic N) is 7. The van der Waals surface area contributed by atoms with Gasteiger partial charge in [0.2, 0.25) is 5.91 Å². The van der Waals surface area contributed by atoms with Gasteiger partial charge in [0.1, 0.15) is 48.3 Å². The third kappa shape index (κ3) is 23.0. The number of urea groups is 1. The van der Waals surface area contributed by atoms with Gasteiger partial charge in [0.15, 0.2) is 11.6 Å². The molecule has 7 aliphatic rings. The van der Waals surface area contributed by atoms with Crippen LogP contribution < -0.4 is 35.8 Å². The monoisotopic (exact) mass is 2010 g/mol. The smallest absolute Gasteiger partial charge is 0.472 e. The number of halogens is 1. The number of hydrogen-bond acceptors (Lipinski definition) is 26. The summed E-state index contributed by atoms with van der Waals surface area (Å²) in [5.74, 6) is -5.50. The van der Waals surface area contributed by atoms with Crippen molar-refractivity contribution in [2.75, 3.05) is 94.1 Å². The molecule has 17 rings (SSSR count). The molecular formula is C96H102BClN13O27P3. The van der Waals surface area contributed by atoms with E-state index in [0.29, 0.717) is 111 Å². The van der Waals surface area contributed by atoms with Crippen LogP contribution in [-0.2, 0) is 74.4 Å². The maximum Gasteiger partial charge on any atom is 0.472 e. The standard InChI is InChI=1S/C96H102BClN13O27P3/c1-107(56-14-12-55(13-15-56)105-106-78-25-16-57(111(123)124)41-74(78)98)35-8-10-89(115)110-48-61(114)40-58(110)51-134-141(129,130)138-86-47-88(97)137-87(86)52-135-140(127,128)133-50-53(49-132-139(125,126)131-38-7-3-2-5-33-100-92(117)54-11-19-67(95(120)121)73(39-54)90-68-20-17-59(112)42-84(68)136-85-43-60(113)18-21-69(85)90)9-4-6-34-101-93(118)80-45-72-64-31-36-108(82(64)29-27-77(72)103-80)94(119)81-46-70-63-22-23-66(62(63)24-26-75(70)104-81)91(116)79-44-71-65-32-37-109(96(99)122)83(65)30-28-76(71)102-79/h11-21,24-30,39,41-46,53,58,61,66,68,86-88,90,102-104,113-114H,2-10,22-23,31-38,40,47-52H2,1H3,(H2,99,122)(H,100,117)(H,101,118)(H,120,121)(H,125,126)(H,127,128)(H,129,130)/t53?,58-,61+,66?,68?,86?,87?,88?,90?/m0/s1.